The summed E-state index contributed by atoms with van der Waals surface area (Å²) in [5, 5.41) is 14.4. The lowest BCUT2D eigenvalue weighted by Gasteiger charge is -2.18. The van der Waals surface area contributed by atoms with Gasteiger partial charge in [0, 0.05) is 6.04 Å². The van der Waals surface area contributed by atoms with Crippen molar-refractivity contribution < 1.29 is 5.11 Å². The summed E-state index contributed by atoms with van der Waals surface area (Å²) in [5.41, 5.74) is 0.888. The zero-order valence-corrected chi connectivity index (χ0v) is 11.3. The van der Waals surface area contributed by atoms with Crippen molar-refractivity contribution in [3.63, 3.8) is 0 Å². The van der Waals surface area contributed by atoms with Crippen LogP contribution in [0, 0.1) is 5.92 Å². The van der Waals surface area contributed by atoms with Crippen LogP contribution in [0.5, 0.6) is 0 Å². The first-order valence-electron chi connectivity index (χ1n) is 5.34. The fourth-order valence-corrected chi connectivity index (χ4v) is 2.17. The van der Waals surface area contributed by atoms with Crippen LogP contribution in [0.1, 0.15) is 52.0 Å². The molecule has 0 aliphatic rings. The van der Waals surface area contributed by atoms with Crippen LogP contribution in [0.2, 0.25) is 0 Å². The summed E-state index contributed by atoms with van der Waals surface area (Å²) in [6, 6.07) is 0.271. The number of aliphatic hydroxyl groups excluding tert-OH is 1. The fraction of sp³-hybridized carbons (Fsp3) is 0.727. The summed E-state index contributed by atoms with van der Waals surface area (Å²) in [4.78, 5) is 0. The van der Waals surface area contributed by atoms with Gasteiger partial charge in [-0.2, -0.15) is 5.10 Å². The Labute approximate surface area is 99.6 Å². The molecule has 0 aliphatic heterocycles. The number of aromatic nitrogens is 2. The van der Waals surface area contributed by atoms with Gasteiger partial charge in [0.15, 0.2) is 0 Å². The highest BCUT2D eigenvalue weighted by Crippen LogP contribution is 2.29. The summed E-state index contributed by atoms with van der Waals surface area (Å²) in [7, 11) is 0. The van der Waals surface area contributed by atoms with Crippen molar-refractivity contribution in [2.24, 2.45) is 5.92 Å². The van der Waals surface area contributed by atoms with E-state index in [0.29, 0.717) is 5.92 Å². The molecular weight excluding hydrogens is 256 g/mol. The van der Waals surface area contributed by atoms with Gasteiger partial charge in [0.05, 0.1) is 22.5 Å². The second-order valence-corrected chi connectivity index (χ2v) is 5.42. The van der Waals surface area contributed by atoms with Gasteiger partial charge >= 0.3 is 0 Å². The molecular formula is C11H19BrN2O. The molecule has 0 radical (unpaired) electrons. The van der Waals surface area contributed by atoms with Gasteiger partial charge in [0.25, 0.3) is 0 Å². The molecule has 0 aliphatic carbocycles. The Balaban J connectivity index is 2.95. The second-order valence-electron chi connectivity index (χ2n) is 4.56. The topological polar surface area (TPSA) is 38.1 Å². The molecule has 3 nitrogen and oxygen atoms in total. The van der Waals surface area contributed by atoms with E-state index in [2.05, 4.69) is 48.7 Å². The smallest absolute Gasteiger partial charge is 0.0970 e. The number of nitrogens with zero attached hydrogens (tertiary/aromatic N) is 2. The summed E-state index contributed by atoms with van der Waals surface area (Å²) in [6.07, 6.45) is 2.07. The molecule has 15 heavy (non-hydrogen) atoms. The van der Waals surface area contributed by atoms with Crippen molar-refractivity contribution in [3.05, 3.63) is 16.4 Å². The van der Waals surface area contributed by atoms with Crippen molar-refractivity contribution in [1.29, 1.82) is 0 Å². The van der Waals surface area contributed by atoms with Gasteiger partial charge in [0.1, 0.15) is 0 Å². The maximum absolute atomic E-state index is 10.1. The maximum Gasteiger partial charge on any atom is 0.0970 e. The van der Waals surface area contributed by atoms with E-state index in [4.69, 9.17) is 0 Å². The molecule has 1 N–H and O–H groups in total. The van der Waals surface area contributed by atoms with Crippen LogP contribution in [-0.2, 0) is 0 Å². The Morgan fingerprint density at radius 1 is 1.40 bits per heavy atom. The highest BCUT2D eigenvalue weighted by Gasteiger charge is 2.19. The Morgan fingerprint density at radius 3 is 2.47 bits per heavy atom. The van der Waals surface area contributed by atoms with Crippen LogP contribution in [0.25, 0.3) is 0 Å². The third-order valence-electron chi connectivity index (χ3n) is 2.29. The van der Waals surface area contributed by atoms with Gasteiger partial charge in [-0.25, -0.2) is 0 Å². The molecule has 0 fully saturated rings. The fourth-order valence-electron chi connectivity index (χ4n) is 1.63. The molecule has 0 bridgehead atoms. The molecule has 1 rings (SSSR count). The number of hydrogen-bond donors (Lipinski definition) is 1. The minimum Gasteiger partial charge on any atom is -0.387 e. The molecule has 1 heterocycles. The molecule has 1 atom stereocenters. The van der Waals surface area contributed by atoms with E-state index in [9.17, 15) is 5.11 Å². The average molecular weight is 275 g/mol. The third-order valence-corrected chi connectivity index (χ3v) is 2.90. The van der Waals surface area contributed by atoms with Crippen LogP contribution >= 0.6 is 15.9 Å². The highest BCUT2D eigenvalue weighted by atomic mass is 79.9. The summed E-state index contributed by atoms with van der Waals surface area (Å²) in [6.45, 7) is 8.33. The Morgan fingerprint density at radius 2 is 2.00 bits per heavy atom. The third kappa shape index (κ3) is 3.05. The molecule has 0 aromatic carbocycles. The predicted molar refractivity (Wildman–Crippen MR) is 64.7 cm³/mol. The van der Waals surface area contributed by atoms with Crippen molar-refractivity contribution in [2.75, 3.05) is 0 Å². The van der Waals surface area contributed by atoms with E-state index in [1.165, 1.54) is 0 Å². The van der Waals surface area contributed by atoms with Crippen LogP contribution in [-0.4, -0.2) is 14.9 Å². The number of hydrogen-bond acceptors (Lipinski definition) is 2. The minimum absolute atomic E-state index is 0.271. The number of halogens is 1. The van der Waals surface area contributed by atoms with E-state index in [0.717, 1.165) is 16.6 Å². The van der Waals surface area contributed by atoms with E-state index in [1.807, 2.05) is 4.68 Å². The van der Waals surface area contributed by atoms with Crippen LogP contribution in [0.4, 0.5) is 0 Å². The molecule has 0 spiro atoms. The monoisotopic (exact) mass is 274 g/mol. The predicted octanol–water partition coefficient (Wildman–Crippen LogP) is 3.31. The first-order chi connectivity index (χ1) is 6.93. The van der Waals surface area contributed by atoms with Crippen LogP contribution in [0.15, 0.2) is 10.7 Å². The molecule has 1 aromatic rings. The average Bonchev–Trinajstić information content (AvgIpc) is 2.45. The molecule has 0 saturated carbocycles. The normalized spacial score (nSPS) is 13.9. The van der Waals surface area contributed by atoms with E-state index < -0.39 is 6.10 Å². The maximum atomic E-state index is 10.1. The molecule has 4 heteroatoms. The lowest BCUT2D eigenvalue weighted by molar-refractivity contribution is 0.138. The number of aliphatic hydroxyl groups is 1. The number of rotatable bonds is 4. The molecule has 0 saturated heterocycles. The SMILES string of the molecule is CC(C)CC(O)c1c(Br)cnn1C(C)C. The van der Waals surface area contributed by atoms with Gasteiger partial charge < -0.3 is 5.11 Å². The molecule has 86 valence electrons. The van der Waals surface area contributed by atoms with Crippen molar-refractivity contribution in [1.82, 2.24) is 9.78 Å². The van der Waals surface area contributed by atoms with Crippen molar-refractivity contribution in [3.8, 4) is 0 Å². The van der Waals surface area contributed by atoms with Crippen LogP contribution < -0.4 is 0 Å². The van der Waals surface area contributed by atoms with Crippen LogP contribution in [0.3, 0.4) is 0 Å². The quantitative estimate of drug-likeness (QED) is 0.915. The first kappa shape index (κ1) is 12.7. The first-order valence-corrected chi connectivity index (χ1v) is 6.13. The second kappa shape index (κ2) is 5.12. The van der Waals surface area contributed by atoms with E-state index in [-0.39, 0.29) is 6.04 Å². The summed E-state index contributed by atoms with van der Waals surface area (Å²) < 4.78 is 2.77. The molecule has 1 unspecified atom stereocenters. The van der Waals surface area contributed by atoms with Gasteiger partial charge in [-0.05, 0) is 42.1 Å². The zero-order valence-electron chi connectivity index (χ0n) is 9.74. The van der Waals surface area contributed by atoms with Gasteiger partial charge in [-0.3, -0.25) is 4.68 Å². The standard InChI is InChI=1S/C11H19BrN2O/c1-7(2)5-10(15)11-9(12)6-13-14(11)8(3)4/h6-8,10,15H,5H2,1-4H3. The Bertz CT molecular complexity index is 320. The Hall–Kier alpha value is -0.350. The zero-order chi connectivity index (χ0) is 11.6. The van der Waals surface area contributed by atoms with E-state index >= 15 is 0 Å². The van der Waals surface area contributed by atoms with Gasteiger partial charge in [-0.15, -0.1) is 0 Å². The summed E-state index contributed by atoms with van der Waals surface area (Å²) >= 11 is 3.43. The lowest BCUT2D eigenvalue weighted by Crippen LogP contribution is -2.13. The molecule has 0 amide bonds. The molecule has 1 aromatic heterocycles. The van der Waals surface area contributed by atoms with Crippen molar-refractivity contribution in [2.45, 2.75) is 46.3 Å². The van der Waals surface area contributed by atoms with Gasteiger partial charge in [0.2, 0.25) is 0 Å². The largest absolute Gasteiger partial charge is 0.387 e. The van der Waals surface area contributed by atoms with E-state index in [1.54, 1.807) is 6.20 Å². The van der Waals surface area contributed by atoms with Crippen molar-refractivity contribution >= 4 is 15.9 Å². The Kier molecular flexibility index (Phi) is 4.34. The lowest BCUT2D eigenvalue weighted by atomic mass is 10.0. The minimum atomic E-state index is -0.440. The van der Waals surface area contributed by atoms with Gasteiger partial charge in [-0.1, -0.05) is 13.8 Å². The highest BCUT2D eigenvalue weighted by molar-refractivity contribution is 9.10. The summed E-state index contributed by atoms with van der Waals surface area (Å²) in [5.74, 6) is 0.474.